The van der Waals surface area contributed by atoms with Crippen LogP contribution < -0.4 is 14.8 Å². The molecule has 0 aliphatic rings. The van der Waals surface area contributed by atoms with Crippen molar-refractivity contribution in [1.29, 1.82) is 0 Å². The fourth-order valence-electron chi connectivity index (χ4n) is 2.89. The molecule has 1 aromatic heterocycles. The minimum Gasteiger partial charge on any atom is -0.488 e. The molecule has 1 amide bonds. The van der Waals surface area contributed by atoms with Gasteiger partial charge >= 0.3 is 5.97 Å². The zero-order valence-corrected chi connectivity index (χ0v) is 17.9. The van der Waals surface area contributed by atoms with E-state index in [-0.39, 0.29) is 19.1 Å². The third-order valence-electron chi connectivity index (χ3n) is 4.72. The topological polar surface area (TPSA) is 99.9 Å². The van der Waals surface area contributed by atoms with E-state index in [4.69, 9.17) is 14.0 Å². The number of methoxy groups -OCH3 is 1. The molecular formula is C23H24N2O6. The van der Waals surface area contributed by atoms with Crippen LogP contribution in [0.3, 0.4) is 0 Å². The van der Waals surface area contributed by atoms with Crippen LogP contribution in [0, 0.1) is 20.8 Å². The van der Waals surface area contributed by atoms with Crippen LogP contribution in [0.1, 0.15) is 32.9 Å². The molecule has 162 valence electrons. The van der Waals surface area contributed by atoms with Crippen molar-refractivity contribution < 1.29 is 28.3 Å². The van der Waals surface area contributed by atoms with E-state index in [0.29, 0.717) is 28.5 Å². The van der Waals surface area contributed by atoms with Gasteiger partial charge in [0.25, 0.3) is 5.91 Å². The third kappa shape index (κ3) is 5.42. The number of amides is 1. The first kappa shape index (κ1) is 21.9. The van der Waals surface area contributed by atoms with E-state index in [0.717, 1.165) is 16.8 Å². The summed E-state index contributed by atoms with van der Waals surface area (Å²) in [5, 5.41) is 6.81. The number of nitrogens with one attached hydrogen (secondary N) is 1. The average molecular weight is 424 g/mol. The SMILES string of the molecule is COC(=O)COc1ccc(NC(=O)c2ccccc2OCc2c(C)noc2C)c(C)c1. The highest BCUT2D eigenvalue weighted by Gasteiger charge is 2.16. The van der Waals surface area contributed by atoms with Crippen molar-refractivity contribution in [3.63, 3.8) is 0 Å². The normalized spacial score (nSPS) is 10.5. The molecular weight excluding hydrogens is 400 g/mol. The summed E-state index contributed by atoms with van der Waals surface area (Å²) in [5.41, 5.74) is 3.42. The number of carbonyl (C=O) groups excluding carboxylic acids is 2. The van der Waals surface area contributed by atoms with Gasteiger partial charge in [-0.05, 0) is 56.7 Å². The largest absolute Gasteiger partial charge is 0.488 e. The molecule has 0 saturated carbocycles. The third-order valence-corrected chi connectivity index (χ3v) is 4.72. The first-order chi connectivity index (χ1) is 14.9. The van der Waals surface area contributed by atoms with Crippen molar-refractivity contribution in [3.05, 3.63) is 70.6 Å². The van der Waals surface area contributed by atoms with Crippen LogP contribution in [-0.4, -0.2) is 30.7 Å². The molecule has 0 aliphatic heterocycles. The number of carbonyl (C=O) groups is 2. The lowest BCUT2D eigenvalue weighted by Crippen LogP contribution is -2.15. The Morgan fingerprint density at radius 2 is 1.84 bits per heavy atom. The van der Waals surface area contributed by atoms with Crippen molar-refractivity contribution in [3.8, 4) is 11.5 Å². The van der Waals surface area contributed by atoms with E-state index in [1.54, 1.807) is 42.5 Å². The van der Waals surface area contributed by atoms with Crippen LogP contribution in [0.5, 0.6) is 11.5 Å². The Kier molecular flexibility index (Phi) is 6.92. The van der Waals surface area contributed by atoms with Gasteiger partial charge < -0.3 is 24.1 Å². The van der Waals surface area contributed by atoms with Gasteiger partial charge in [0.15, 0.2) is 6.61 Å². The standard InChI is InChI=1S/C23H24N2O6/c1-14-11-17(29-13-22(26)28-4)9-10-20(14)24-23(27)18-7-5-6-8-21(18)30-12-19-15(2)25-31-16(19)3/h5-11H,12-13H2,1-4H3,(H,24,27). The summed E-state index contributed by atoms with van der Waals surface area (Å²) in [6.07, 6.45) is 0. The summed E-state index contributed by atoms with van der Waals surface area (Å²) >= 11 is 0. The second-order valence-electron chi connectivity index (χ2n) is 6.88. The second kappa shape index (κ2) is 9.80. The molecule has 3 aromatic rings. The van der Waals surface area contributed by atoms with Gasteiger partial charge in [0.1, 0.15) is 23.9 Å². The van der Waals surface area contributed by atoms with Crippen molar-refractivity contribution in [2.24, 2.45) is 0 Å². The lowest BCUT2D eigenvalue weighted by atomic mass is 10.1. The minimum atomic E-state index is -0.469. The highest BCUT2D eigenvalue weighted by molar-refractivity contribution is 6.06. The summed E-state index contributed by atoms with van der Waals surface area (Å²) in [4.78, 5) is 24.1. The molecule has 0 aliphatic carbocycles. The number of esters is 1. The van der Waals surface area contributed by atoms with Gasteiger partial charge in [-0.25, -0.2) is 4.79 Å². The Bertz CT molecular complexity index is 1070. The van der Waals surface area contributed by atoms with Crippen LogP contribution in [0.15, 0.2) is 47.0 Å². The zero-order chi connectivity index (χ0) is 22.4. The van der Waals surface area contributed by atoms with Crippen molar-refractivity contribution >= 4 is 17.6 Å². The predicted octanol–water partition coefficient (Wildman–Crippen LogP) is 3.98. The number of hydrogen-bond acceptors (Lipinski definition) is 7. The molecule has 1 N–H and O–H groups in total. The van der Waals surface area contributed by atoms with E-state index >= 15 is 0 Å². The van der Waals surface area contributed by atoms with Crippen molar-refractivity contribution in [2.75, 3.05) is 19.0 Å². The minimum absolute atomic E-state index is 0.183. The summed E-state index contributed by atoms with van der Waals surface area (Å²) in [7, 11) is 1.30. The van der Waals surface area contributed by atoms with E-state index in [1.165, 1.54) is 7.11 Å². The van der Waals surface area contributed by atoms with Gasteiger partial charge in [0.05, 0.1) is 23.9 Å². The predicted molar refractivity (Wildman–Crippen MR) is 113 cm³/mol. The van der Waals surface area contributed by atoms with E-state index in [2.05, 4.69) is 15.2 Å². The maximum absolute atomic E-state index is 12.9. The number of hydrogen-bond donors (Lipinski definition) is 1. The molecule has 0 spiro atoms. The molecule has 0 radical (unpaired) electrons. The van der Waals surface area contributed by atoms with Crippen LogP contribution in [-0.2, 0) is 16.1 Å². The number of para-hydroxylation sites is 1. The summed E-state index contributed by atoms with van der Waals surface area (Å²) in [6, 6.07) is 12.1. The molecule has 8 nitrogen and oxygen atoms in total. The fraction of sp³-hybridized carbons (Fsp3) is 0.261. The molecule has 8 heteroatoms. The number of aromatic nitrogens is 1. The number of aryl methyl sites for hydroxylation is 3. The van der Waals surface area contributed by atoms with Crippen LogP contribution in [0.4, 0.5) is 5.69 Å². The van der Waals surface area contributed by atoms with Gasteiger partial charge in [-0.1, -0.05) is 17.3 Å². The number of nitrogens with zero attached hydrogens (tertiary/aromatic N) is 1. The van der Waals surface area contributed by atoms with Gasteiger partial charge in [0.2, 0.25) is 0 Å². The Balaban J connectivity index is 1.70. The number of anilines is 1. The zero-order valence-electron chi connectivity index (χ0n) is 17.9. The Hall–Kier alpha value is -3.81. The number of ether oxygens (including phenoxy) is 3. The van der Waals surface area contributed by atoms with Crippen LogP contribution in [0.2, 0.25) is 0 Å². The van der Waals surface area contributed by atoms with Gasteiger partial charge in [0, 0.05) is 5.69 Å². The maximum atomic E-state index is 12.9. The van der Waals surface area contributed by atoms with E-state index in [9.17, 15) is 9.59 Å². The highest BCUT2D eigenvalue weighted by Crippen LogP contribution is 2.25. The Morgan fingerprint density at radius 3 is 2.52 bits per heavy atom. The van der Waals surface area contributed by atoms with Crippen LogP contribution >= 0.6 is 0 Å². The molecule has 3 rings (SSSR count). The first-order valence-electron chi connectivity index (χ1n) is 9.64. The second-order valence-corrected chi connectivity index (χ2v) is 6.88. The highest BCUT2D eigenvalue weighted by atomic mass is 16.6. The first-order valence-corrected chi connectivity index (χ1v) is 9.64. The maximum Gasteiger partial charge on any atom is 0.343 e. The van der Waals surface area contributed by atoms with E-state index in [1.807, 2.05) is 20.8 Å². The fourth-order valence-corrected chi connectivity index (χ4v) is 2.89. The number of rotatable bonds is 8. The summed E-state index contributed by atoms with van der Waals surface area (Å²) in [5.74, 6) is 0.869. The van der Waals surface area contributed by atoms with Gasteiger partial charge in [-0.3, -0.25) is 4.79 Å². The van der Waals surface area contributed by atoms with Crippen molar-refractivity contribution in [1.82, 2.24) is 5.16 Å². The molecule has 0 unspecified atom stereocenters. The summed E-state index contributed by atoms with van der Waals surface area (Å²) < 4.78 is 21.0. The Morgan fingerprint density at radius 1 is 1.06 bits per heavy atom. The average Bonchev–Trinajstić information content (AvgIpc) is 3.09. The molecule has 0 fully saturated rings. The van der Waals surface area contributed by atoms with Gasteiger partial charge in [-0.2, -0.15) is 0 Å². The molecule has 2 aromatic carbocycles. The Labute approximate surface area is 180 Å². The lowest BCUT2D eigenvalue weighted by Gasteiger charge is -2.14. The van der Waals surface area contributed by atoms with Gasteiger partial charge in [-0.15, -0.1) is 0 Å². The molecule has 0 saturated heterocycles. The molecule has 31 heavy (non-hydrogen) atoms. The monoisotopic (exact) mass is 424 g/mol. The lowest BCUT2D eigenvalue weighted by molar-refractivity contribution is -0.142. The molecule has 1 heterocycles. The quantitative estimate of drug-likeness (QED) is 0.546. The smallest absolute Gasteiger partial charge is 0.343 e. The molecule has 0 bridgehead atoms. The summed E-state index contributed by atoms with van der Waals surface area (Å²) in [6.45, 7) is 5.56. The molecule has 0 atom stereocenters. The van der Waals surface area contributed by atoms with Crippen LogP contribution in [0.25, 0.3) is 0 Å². The van der Waals surface area contributed by atoms with E-state index < -0.39 is 5.97 Å². The van der Waals surface area contributed by atoms with Crippen molar-refractivity contribution in [2.45, 2.75) is 27.4 Å². The number of benzene rings is 2.